The molecule has 1 amide bonds. The second kappa shape index (κ2) is 9.93. The third kappa shape index (κ3) is 6.51. The first-order valence-corrected chi connectivity index (χ1v) is 8.54. The van der Waals surface area contributed by atoms with Crippen molar-refractivity contribution in [3.8, 4) is 0 Å². The van der Waals surface area contributed by atoms with E-state index in [1.54, 1.807) is 0 Å². The number of rotatable bonds is 7. The third-order valence-corrected chi connectivity index (χ3v) is 4.67. The van der Waals surface area contributed by atoms with Crippen molar-refractivity contribution in [2.75, 3.05) is 19.6 Å². The Hall–Kier alpha value is -1.07. The van der Waals surface area contributed by atoms with Crippen LogP contribution in [-0.2, 0) is 11.3 Å². The monoisotopic (exact) mass is 342 g/mol. The van der Waals surface area contributed by atoms with Gasteiger partial charge in [-0.05, 0) is 64.1 Å². The van der Waals surface area contributed by atoms with E-state index >= 15 is 0 Å². The van der Waals surface area contributed by atoms with Gasteiger partial charge in [-0.1, -0.05) is 6.92 Å². The molecular weight excluding hydrogens is 312 g/mol. The highest BCUT2D eigenvalue weighted by atomic mass is 35.5. The Morgan fingerprint density at radius 1 is 1.43 bits per heavy atom. The molecule has 132 valence electrons. The first-order chi connectivity index (χ1) is 10.6. The number of carbonyl (C=O) groups is 1. The van der Waals surface area contributed by atoms with Crippen LogP contribution in [0.1, 0.15) is 44.0 Å². The predicted octanol–water partition coefficient (Wildman–Crippen LogP) is 2.45. The normalized spacial score (nSPS) is 16.7. The first kappa shape index (κ1) is 20.0. The Morgan fingerprint density at radius 2 is 2.13 bits per heavy atom. The second-order valence-electron chi connectivity index (χ2n) is 6.62. The van der Waals surface area contributed by atoms with Gasteiger partial charge in [0.25, 0.3) is 0 Å². The van der Waals surface area contributed by atoms with E-state index in [0.717, 1.165) is 38.3 Å². The molecule has 0 spiro atoms. The molecule has 2 rings (SSSR count). The van der Waals surface area contributed by atoms with Gasteiger partial charge in [0.1, 0.15) is 0 Å². The van der Waals surface area contributed by atoms with Crippen LogP contribution in [0.15, 0.2) is 6.07 Å². The number of piperidine rings is 1. The van der Waals surface area contributed by atoms with Crippen LogP contribution in [0.25, 0.3) is 0 Å². The zero-order valence-corrected chi connectivity index (χ0v) is 15.4. The molecule has 2 heterocycles. The fourth-order valence-corrected chi connectivity index (χ4v) is 3.30. The van der Waals surface area contributed by atoms with Crippen molar-refractivity contribution in [2.45, 2.75) is 53.0 Å². The number of hydrogen-bond donors (Lipinski definition) is 2. The lowest BCUT2D eigenvalue weighted by molar-refractivity contribution is -0.122. The molecule has 2 N–H and O–H groups in total. The molecule has 0 radical (unpaired) electrons. The lowest BCUT2D eigenvalue weighted by Crippen LogP contribution is -2.33. The van der Waals surface area contributed by atoms with Crippen LogP contribution >= 0.6 is 12.4 Å². The molecule has 0 saturated carbocycles. The van der Waals surface area contributed by atoms with Crippen LogP contribution in [0.2, 0.25) is 0 Å². The molecule has 23 heavy (non-hydrogen) atoms. The van der Waals surface area contributed by atoms with Crippen molar-refractivity contribution in [1.29, 1.82) is 0 Å². The average Bonchev–Trinajstić information content (AvgIpc) is 2.82. The maximum absolute atomic E-state index is 12.0. The third-order valence-electron chi connectivity index (χ3n) is 4.67. The fourth-order valence-electron chi connectivity index (χ4n) is 3.30. The van der Waals surface area contributed by atoms with E-state index in [9.17, 15) is 4.79 Å². The van der Waals surface area contributed by atoms with Crippen LogP contribution in [-0.4, -0.2) is 35.3 Å². The molecule has 1 aromatic heterocycles. The molecule has 1 aliphatic rings. The van der Waals surface area contributed by atoms with Crippen LogP contribution in [0.3, 0.4) is 0 Å². The van der Waals surface area contributed by atoms with Crippen LogP contribution in [0, 0.1) is 25.7 Å². The van der Waals surface area contributed by atoms with Crippen LogP contribution in [0.4, 0.5) is 0 Å². The molecule has 0 aromatic carbocycles. The van der Waals surface area contributed by atoms with Crippen molar-refractivity contribution >= 4 is 18.3 Å². The van der Waals surface area contributed by atoms with Crippen molar-refractivity contribution in [2.24, 2.45) is 11.8 Å². The molecule has 1 aromatic rings. The zero-order valence-electron chi connectivity index (χ0n) is 14.6. The summed E-state index contributed by atoms with van der Waals surface area (Å²) in [5, 5.41) is 10.9. The summed E-state index contributed by atoms with van der Waals surface area (Å²) in [4.78, 5) is 12.0. The summed E-state index contributed by atoms with van der Waals surface area (Å²) in [7, 11) is 0. The van der Waals surface area contributed by atoms with E-state index in [4.69, 9.17) is 0 Å². The van der Waals surface area contributed by atoms with Gasteiger partial charge >= 0.3 is 0 Å². The highest BCUT2D eigenvalue weighted by Gasteiger charge is 2.21. The Morgan fingerprint density at radius 3 is 2.74 bits per heavy atom. The first-order valence-electron chi connectivity index (χ1n) is 8.54. The Labute approximate surface area is 146 Å². The molecular formula is C17H31ClN4O. The van der Waals surface area contributed by atoms with Crippen molar-refractivity contribution in [3.05, 3.63) is 17.5 Å². The highest BCUT2D eigenvalue weighted by Crippen LogP contribution is 2.24. The van der Waals surface area contributed by atoms with Crippen molar-refractivity contribution < 1.29 is 4.79 Å². The molecule has 5 nitrogen and oxygen atoms in total. The maximum Gasteiger partial charge on any atom is 0.220 e. The van der Waals surface area contributed by atoms with Gasteiger partial charge in [0.05, 0.1) is 5.69 Å². The lowest BCUT2D eigenvalue weighted by Gasteiger charge is -2.27. The molecule has 1 unspecified atom stereocenters. The molecule has 1 saturated heterocycles. The Kier molecular flexibility index (Phi) is 8.63. The van der Waals surface area contributed by atoms with Crippen molar-refractivity contribution in [3.63, 3.8) is 0 Å². The second-order valence-corrected chi connectivity index (χ2v) is 6.62. The quantitative estimate of drug-likeness (QED) is 0.748. The number of halogens is 1. The summed E-state index contributed by atoms with van der Waals surface area (Å²) in [6.45, 7) is 10.1. The minimum Gasteiger partial charge on any atom is -0.356 e. The van der Waals surface area contributed by atoms with Gasteiger partial charge in [-0.15, -0.1) is 12.4 Å². The molecule has 0 bridgehead atoms. The minimum atomic E-state index is 0. The van der Waals surface area contributed by atoms with Crippen molar-refractivity contribution in [1.82, 2.24) is 20.4 Å². The number of aryl methyl sites for hydroxylation is 3. The average molecular weight is 343 g/mol. The topological polar surface area (TPSA) is 59.0 Å². The smallest absolute Gasteiger partial charge is 0.220 e. The number of nitrogens with zero attached hydrogens (tertiary/aromatic N) is 2. The summed E-state index contributed by atoms with van der Waals surface area (Å²) in [5.41, 5.74) is 2.24. The maximum atomic E-state index is 12.0. The molecule has 1 atom stereocenters. The highest BCUT2D eigenvalue weighted by molar-refractivity contribution is 5.85. The van der Waals surface area contributed by atoms with Gasteiger partial charge in [0, 0.05) is 25.2 Å². The summed E-state index contributed by atoms with van der Waals surface area (Å²) in [6.07, 6.45) is 3.98. The standard InChI is InChI=1S/C17H30N4O.ClH/c1-13(16-5-8-18-9-6-16)11-17(22)19-7-4-10-21-15(3)12-14(2)20-21;/h12-13,16,18H,4-11H2,1-3H3,(H,19,22);1H. The van der Waals surface area contributed by atoms with Gasteiger partial charge < -0.3 is 10.6 Å². The van der Waals surface area contributed by atoms with E-state index < -0.39 is 0 Å². The molecule has 0 aliphatic carbocycles. The lowest BCUT2D eigenvalue weighted by atomic mass is 9.84. The summed E-state index contributed by atoms with van der Waals surface area (Å²) in [6, 6.07) is 2.08. The summed E-state index contributed by atoms with van der Waals surface area (Å²) < 4.78 is 2.01. The zero-order chi connectivity index (χ0) is 15.9. The molecule has 1 fully saturated rings. The number of nitrogens with one attached hydrogen (secondary N) is 2. The van der Waals surface area contributed by atoms with Crippen LogP contribution in [0.5, 0.6) is 0 Å². The molecule has 6 heteroatoms. The van der Waals surface area contributed by atoms with Gasteiger partial charge in [0.2, 0.25) is 5.91 Å². The van der Waals surface area contributed by atoms with E-state index in [1.165, 1.54) is 18.5 Å². The largest absolute Gasteiger partial charge is 0.356 e. The van der Waals surface area contributed by atoms with Crippen LogP contribution < -0.4 is 10.6 Å². The fraction of sp³-hybridized carbons (Fsp3) is 0.765. The number of amides is 1. The Balaban J connectivity index is 0.00000264. The van der Waals surface area contributed by atoms with Gasteiger partial charge in [-0.3, -0.25) is 9.48 Å². The minimum absolute atomic E-state index is 0. The van der Waals surface area contributed by atoms with E-state index in [-0.39, 0.29) is 18.3 Å². The summed E-state index contributed by atoms with van der Waals surface area (Å²) in [5.74, 6) is 1.37. The molecule has 1 aliphatic heterocycles. The Bertz CT molecular complexity index is 483. The van der Waals surface area contributed by atoms with E-state index in [1.807, 2.05) is 11.6 Å². The van der Waals surface area contributed by atoms with Gasteiger partial charge in [-0.25, -0.2) is 0 Å². The number of aromatic nitrogens is 2. The van der Waals surface area contributed by atoms with E-state index in [0.29, 0.717) is 18.3 Å². The SMILES string of the molecule is Cc1cc(C)n(CCCNC(=O)CC(C)C2CCNCC2)n1.Cl. The number of carbonyl (C=O) groups excluding carboxylic acids is 1. The summed E-state index contributed by atoms with van der Waals surface area (Å²) >= 11 is 0. The van der Waals surface area contributed by atoms with Gasteiger partial charge in [0.15, 0.2) is 0 Å². The van der Waals surface area contributed by atoms with E-state index in [2.05, 4.69) is 35.6 Å². The predicted molar refractivity (Wildman–Crippen MR) is 96.0 cm³/mol. The van der Waals surface area contributed by atoms with Gasteiger partial charge in [-0.2, -0.15) is 5.10 Å². The number of hydrogen-bond acceptors (Lipinski definition) is 3.